The van der Waals surface area contributed by atoms with Gasteiger partial charge in [-0.3, -0.25) is 4.79 Å². The third-order valence-electron chi connectivity index (χ3n) is 4.37. The van der Waals surface area contributed by atoms with E-state index in [0.717, 1.165) is 37.0 Å². The summed E-state index contributed by atoms with van der Waals surface area (Å²) in [7, 11) is 1.65. The Balaban J connectivity index is 2.05. The second-order valence-electron chi connectivity index (χ2n) is 5.88. The minimum atomic E-state index is -0.652. The van der Waals surface area contributed by atoms with Crippen molar-refractivity contribution in [2.75, 3.05) is 13.7 Å². The van der Waals surface area contributed by atoms with Crippen LogP contribution in [0.25, 0.3) is 0 Å². The molecular formula is C17H26N2O2. The van der Waals surface area contributed by atoms with Gasteiger partial charge in [-0.15, -0.1) is 0 Å². The Labute approximate surface area is 127 Å². The minimum Gasteiger partial charge on any atom is -0.497 e. The van der Waals surface area contributed by atoms with E-state index in [-0.39, 0.29) is 5.91 Å². The molecule has 21 heavy (non-hydrogen) atoms. The molecule has 116 valence electrons. The highest BCUT2D eigenvalue weighted by molar-refractivity contribution is 5.86. The van der Waals surface area contributed by atoms with E-state index in [1.807, 2.05) is 36.1 Å². The molecule has 1 saturated carbocycles. The van der Waals surface area contributed by atoms with Gasteiger partial charge in [0, 0.05) is 13.1 Å². The van der Waals surface area contributed by atoms with Gasteiger partial charge >= 0.3 is 0 Å². The fourth-order valence-electron chi connectivity index (χ4n) is 2.99. The van der Waals surface area contributed by atoms with Crippen LogP contribution in [-0.2, 0) is 11.3 Å². The largest absolute Gasteiger partial charge is 0.497 e. The summed E-state index contributed by atoms with van der Waals surface area (Å²) < 4.78 is 5.16. The minimum absolute atomic E-state index is 0.0977. The molecule has 1 aromatic rings. The maximum atomic E-state index is 12.8. The topological polar surface area (TPSA) is 55.6 Å². The van der Waals surface area contributed by atoms with Gasteiger partial charge in [0.1, 0.15) is 5.75 Å². The summed E-state index contributed by atoms with van der Waals surface area (Å²) in [6.07, 6.45) is 4.93. The summed E-state index contributed by atoms with van der Waals surface area (Å²) in [5, 5.41) is 0. The van der Waals surface area contributed by atoms with Gasteiger partial charge in [0.15, 0.2) is 0 Å². The number of likely N-dealkylation sites (N-methyl/N-ethyl adjacent to an activating group) is 1. The summed E-state index contributed by atoms with van der Waals surface area (Å²) >= 11 is 0. The van der Waals surface area contributed by atoms with Gasteiger partial charge in [0.05, 0.1) is 12.6 Å². The van der Waals surface area contributed by atoms with Crippen molar-refractivity contribution in [3.63, 3.8) is 0 Å². The summed E-state index contributed by atoms with van der Waals surface area (Å²) in [5.74, 6) is 0.927. The fourth-order valence-corrected chi connectivity index (χ4v) is 2.99. The molecule has 2 N–H and O–H groups in total. The Morgan fingerprint density at radius 2 is 1.86 bits per heavy atom. The molecule has 0 aromatic heterocycles. The lowest BCUT2D eigenvalue weighted by atomic mass is 9.81. The number of nitrogens with zero attached hydrogens (tertiary/aromatic N) is 1. The van der Waals surface area contributed by atoms with Crippen molar-refractivity contribution in [3.05, 3.63) is 29.8 Å². The molecule has 0 unspecified atom stereocenters. The molecule has 1 amide bonds. The fraction of sp³-hybridized carbons (Fsp3) is 0.588. The predicted molar refractivity (Wildman–Crippen MR) is 84.1 cm³/mol. The predicted octanol–water partition coefficient (Wildman–Crippen LogP) is 2.71. The van der Waals surface area contributed by atoms with Crippen LogP contribution in [0.4, 0.5) is 0 Å². The molecule has 1 aliphatic rings. The second kappa shape index (κ2) is 6.94. The molecule has 4 heteroatoms. The Hall–Kier alpha value is -1.55. The molecule has 0 radical (unpaired) electrons. The molecule has 4 nitrogen and oxygen atoms in total. The molecule has 0 bridgehead atoms. The van der Waals surface area contributed by atoms with Crippen LogP contribution < -0.4 is 10.5 Å². The van der Waals surface area contributed by atoms with E-state index in [4.69, 9.17) is 10.5 Å². The van der Waals surface area contributed by atoms with Gasteiger partial charge in [0.25, 0.3) is 0 Å². The average Bonchev–Trinajstić information content (AvgIpc) is 2.53. The number of ether oxygens (including phenoxy) is 1. The molecule has 0 spiro atoms. The number of benzene rings is 1. The van der Waals surface area contributed by atoms with Gasteiger partial charge in [-0.25, -0.2) is 0 Å². The van der Waals surface area contributed by atoms with Crippen LogP contribution in [0, 0.1) is 0 Å². The highest BCUT2D eigenvalue weighted by Crippen LogP contribution is 2.28. The molecule has 1 aromatic carbocycles. The first-order valence-corrected chi connectivity index (χ1v) is 7.80. The third kappa shape index (κ3) is 3.76. The lowest BCUT2D eigenvalue weighted by Gasteiger charge is -2.36. The summed E-state index contributed by atoms with van der Waals surface area (Å²) in [6.45, 7) is 3.30. The first-order valence-electron chi connectivity index (χ1n) is 7.80. The first kappa shape index (κ1) is 15.8. The summed E-state index contributed by atoms with van der Waals surface area (Å²) in [6, 6.07) is 7.84. The van der Waals surface area contributed by atoms with E-state index in [9.17, 15) is 4.79 Å². The van der Waals surface area contributed by atoms with Gasteiger partial charge in [-0.1, -0.05) is 31.4 Å². The number of hydrogen-bond acceptors (Lipinski definition) is 3. The zero-order valence-electron chi connectivity index (χ0n) is 13.1. The van der Waals surface area contributed by atoms with E-state index in [1.54, 1.807) is 7.11 Å². The van der Waals surface area contributed by atoms with Crippen molar-refractivity contribution in [2.45, 2.75) is 51.1 Å². The number of hydrogen-bond donors (Lipinski definition) is 1. The Morgan fingerprint density at radius 3 is 2.38 bits per heavy atom. The van der Waals surface area contributed by atoms with Crippen molar-refractivity contribution in [2.24, 2.45) is 5.73 Å². The van der Waals surface area contributed by atoms with Crippen molar-refractivity contribution in [3.8, 4) is 5.75 Å². The van der Waals surface area contributed by atoms with Crippen LogP contribution in [-0.4, -0.2) is 30.0 Å². The molecule has 0 heterocycles. The van der Waals surface area contributed by atoms with Gasteiger partial charge in [-0.05, 0) is 37.5 Å². The standard InChI is InChI=1S/C17H26N2O2/c1-3-19(13-14-7-9-15(21-2)10-8-14)16(20)17(18)11-5-4-6-12-17/h7-10H,3-6,11-13,18H2,1-2H3. The summed E-state index contributed by atoms with van der Waals surface area (Å²) in [4.78, 5) is 14.6. The zero-order chi connectivity index (χ0) is 15.3. The number of methoxy groups -OCH3 is 1. The molecule has 0 aliphatic heterocycles. The molecule has 0 saturated heterocycles. The van der Waals surface area contributed by atoms with Gasteiger partial charge in [0.2, 0.25) is 5.91 Å². The molecular weight excluding hydrogens is 264 g/mol. The first-order chi connectivity index (χ1) is 10.1. The number of amides is 1. The van der Waals surface area contributed by atoms with E-state index in [1.165, 1.54) is 6.42 Å². The van der Waals surface area contributed by atoms with Crippen molar-refractivity contribution >= 4 is 5.91 Å². The second-order valence-corrected chi connectivity index (χ2v) is 5.88. The average molecular weight is 290 g/mol. The lowest BCUT2D eigenvalue weighted by Crippen LogP contribution is -2.56. The highest BCUT2D eigenvalue weighted by atomic mass is 16.5. The molecule has 1 aliphatic carbocycles. The van der Waals surface area contributed by atoms with Crippen LogP contribution >= 0.6 is 0 Å². The number of rotatable bonds is 5. The quantitative estimate of drug-likeness (QED) is 0.907. The van der Waals surface area contributed by atoms with E-state index in [0.29, 0.717) is 13.1 Å². The van der Waals surface area contributed by atoms with Crippen LogP contribution in [0.15, 0.2) is 24.3 Å². The Kier molecular flexibility index (Phi) is 5.23. The van der Waals surface area contributed by atoms with Gasteiger partial charge in [-0.2, -0.15) is 0 Å². The zero-order valence-corrected chi connectivity index (χ0v) is 13.1. The van der Waals surface area contributed by atoms with Crippen LogP contribution in [0.2, 0.25) is 0 Å². The van der Waals surface area contributed by atoms with Crippen molar-refractivity contribution < 1.29 is 9.53 Å². The van der Waals surface area contributed by atoms with Gasteiger partial charge < -0.3 is 15.4 Å². The monoisotopic (exact) mass is 290 g/mol. The normalized spacial score (nSPS) is 17.3. The van der Waals surface area contributed by atoms with Crippen LogP contribution in [0.5, 0.6) is 5.75 Å². The number of carbonyl (C=O) groups excluding carboxylic acids is 1. The van der Waals surface area contributed by atoms with E-state index < -0.39 is 5.54 Å². The third-order valence-corrected chi connectivity index (χ3v) is 4.37. The molecule has 1 fully saturated rings. The smallest absolute Gasteiger partial charge is 0.242 e. The van der Waals surface area contributed by atoms with Crippen LogP contribution in [0.3, 0.4) is 0 Å². The SMILES string of the molecule is CCN(Cc1ccc(OC)cc1)C(=O)C1(N)CCCCC1. The lowest BCUT2D eigenvalue weighted by molar-refractivity contribution is -0.138. The van der Waals surface area contributed by atoms with Crippen molar-refractivity contribution in [1.82, 2.24) is 4.90 Å². The maximum Gasteiger partial charge on any atom is 0.242 e. The van der Waals surface area contributed by atoms with Crippen LogP contribution in [0.1, 0.15) is 44.6 Å². The van der Waals surface area contributed by atoms with Crippen molar-refractivity contribution in [1.29, 1.82) is 0 Å². The summed E-state index contributed by atoms with van der Waals surface area (Å²) in [5.41, 5.74) is 6.82. The highest BCUT2D eigenvalue weighted by Gasteiger charge is 2.37. The maximum absolute atomic E-state index is 12.8. The molecule has 0 atom stereocenters. The number of carbonyl (C=O) groups is 1. The molecule has 2 rings (SSSR count). The Morgan fingerprint density at radius 1 is 1.24 bits per heavy atom. The number of nitrogens with two attached hydrogens (primary N) is 1. The van der Waals surface area contributed by atoms with E-state index >= 15 is 0 Å². The van der Waals surface area contributed by atoms with E-state index in [2.05, 4.69) is 0 Å². The Bertz CT molecular complexity index is 464.